The molecule has 2 aromatic rings. The van der Waals surface area contributed by atoms with E-state index in [0.29, 0.717) is 24.3 Å². The molecule has 1 fully saturated rings. The number of urea groups is 1. The summed E-state index contributed by atoms with van der Waals surface area (Å²) in [5, 5.41) is 8.52. The van der Waals surface area contributed by atoms with Gasteiger partial charge < -0.3 is 21.7 Å². The number of carbonyl (C=O) groups excluding carboxylic acids is 3. The molecule has 1 saturated heterocycles. The minimum absolute atomic E-state index is 0.160. The van der Waals surface area contributed by atoms with Crippen molar-refractivity contribution in [2.75, 3.05) is 31.5 Å². The van der Waals surface area contributed by atoms with Gasteiger partial charge in [-0.25, -0.2) is 4.79 Å². The number of nitrogens with two attached hydrogens (primary N) is 1. The minimum atomic E-state index is -0.531. The van der Waals surface area contributed by atoms with Crippen LogP contribution in [0, 0.1) is 5.92 Å². The summed E-state index contributed by atoms with van der Waals surface area (Å²) in [6.07, 6.45) is 1.94. The van der Waals surface area contributed by atoms with Crippen LogP contribution in [-0.2, 0) is 4.79 Å². The van der Waals surface area contributed by atoms with Crippen molar-refractivity contribution in [2.24, 2.45) is 11.7 Å². The second-order valence-corrected chi connectivity index (χ2v) is 8.19. The van der Waals surface area contributed by atoms with E-state index in [1.807, 2.05) is 37.3 Å². The van der Waals surface area contributed by atoms with Gasteiger partial charge in [0.2, 0.25) is 5.91 Å². The molecule has 0 unspecified atom stereocenters. The Hall–Kier alpha value is -3.39. The van der Waals surface area contributed by atoms with E-state index in [4.69, 9.17) is 5.73 Å². The van der Waals surface area contributed by atoms with Crippen molar-refractivity contribution in [1.29, 1.82) is 0 Å². The van der Waals surface area contributed by atoms with E-state index in [1.165, 1.54) is 0 Å². The highest BCUT2D eigenvalue weighted by Crippen LogP contribution is 2.19. The Bertz CT molecular complexity index is 934. The molecule has 2 aromatic carbocycles. The first-order chi connectivity index (χ1) is 15.4. The molecular weight excluding hydrogens is 406 g/mol. The third kappa shape index (κ3) is 6.81. The lowest BCUT2D eigenvalue weighted by atomic mass is 9.98. The number of anilines is 1. The predicted octanol–water partition coefficient (Wildman–Crippen LogP) is 2.50. The van der Waals surface area contributed by atoms with Crippen LogP contribution in [0.2, 0.25) is 0 Å². The highest BCUT2D eigenvalue weighted by Gasteiger charge is 2.23. The van der Waals surface area contributed by atoms with Crippen LogP contribution < -0.4 is 21.7 Å². The summed E-state index contributed by atoms with van der Waals surface area (Å²) in [6.45, 7) is 4.19. The summed E-state index contributed by atoms with van der Waals surface area (Å²) < 4.78 is 0. The van der Waals surface area contributed by atoms with Crippen LogP contribution in [0.15, 0.2) is 54.6 Å². The fraction of sp³-hybridized carbons (Fsp3) is 0.375. The number of carbonyl (C=O) groups is 3. The molecule has 1 heterocycles. The Morgan fingerprint density at radius 2 is 1.81 bits per heavy atom. The van der Waals surface area contributed by atoms with Crippen molar-refractivity contribution >= 4 is 23.5 Å². The number of hydrogen-bond donors (Lipinski definition) is 4. The highest BCUT2D eigenvalue weighted by atomic mass is 16.2. The molecule has 0 spiro atoms. The van der Waals surface area contributed by atoms with Gasteiger partial charge in [0.05, 0.1) is 23.8 Å². The van der Waals surface area contributed by atoms with Crippen LogP contribution >= 0.6 is 0 Å². The average Bonchev–Trinajstić information content (AvgIpc) is 2.78. The molecule has 3 rings (SSSR count). The largest absolute Gasteiger partial charge is 0.352 e. The average molecular weight is 438 g/mol. The Balaban J connectivity index is 1.57. The Kier molecular flexibility index (Phi) is 8.21. The molecule has 1 aliphatic heterocycles. The van der Waals surface area contributed by atoms with E-state index in [2.05, 4.69) is 20.9 Å². The SMILES string of the molecule is C[C@H](NC(=O)c1ccccc1NC(=O)CN1CCC[C@@H](CNC(N)=O)C1)c1ccccc1. The van der Waals surface area contributed by atoms with Crippen LogP contribution in [-0.4, -0.2) is 48.9 Å². The number of nitrogens with zero attached hydrogens (tertiary/aromatic N) is 1. The van der Waals surface area contributed by atoms with Gasteiger partial charge in [0.15, 0.2) is 0 Å². The number of benzene rings is 2. The maximum absolute atomic E-state index is 12.9. The Morgan fingerprint density at radius 1 is 1.09 bits per heavy atom. The zero-order valence-electron chi connectivity index (χ0n) is 18.3. The lowest BCUT2D eigenvalue weighted by molar-refractivity contribution is -0.117. The third-order valence-corrected chi connectivity index (χ3v) is 5.63. The number of rotatable bonds is 8. The molecule has 2 atom stereocenters. The predicted molar refractivity (Wildman–Crippen MR) is 124 cm³/mol. The molecule has 0 aromatic heterocycles. The molecule has 0 radical (unpaired) electrons. The van der Waals surface area contributed by atoms with Crippen molar-refractivity contribution in [1.82, 2.24) is 15.5 Å². The van der Waals surface area contributed by atoms with Gasteiger partial charge in [0.25, 0.3) is 5.91 Å². The summed E-state index contributed by atoms with van der Waals surface area (Å²) in [5.74, 6) is -0.153. The maximum Gasteiger partial charge on any atom is 0.312 e. The molecule has 4 amide bonds. The number of para-hydroxylation sites is 1. The van der Waals surface area contributed by atoms with Crippen LogP contribution in [0.1, 0.15) is 41.7 Å². The Morgan fingerprint density at radius 3 is 2.56 bits per heavy atom. The smallest absolute Gasteiger partial charge is 0.312 e. The van der Waals surface area contributed by atoms with E-state index in [-0.39, 0.29) is 30.3 Å². The summed E-state index contributed by atoms with van der Waals surface area (Å²) in [5.41, 5.74) is 7.07. The normalized spacial score (nSPS) is 17.2. The summed E-state index contributed by atoms with van der Waals surface area (Å²) in [6, 6.07) is 16.0. The highest BCUT2D eigenvalue weighted by molar-refractivity contribution is 6.04. The number of nitrogens with one attached hydrogen (secondary N) is 3. The first-order valence-corrected chi connectivity index (χ1v) is 10.9. The van der Waals surface area contributed by atoms with Crippen LogP contribution in [0.5, 0.6) is 0 Å². The van der Waals surface area contributed by atoms with E-state index in [9.17, 15) is 14.4 Å². The molecule has 0 aliphatic carbocycles. The van der Waals surface area contributed by atoms with E-state index in [0.717, 1.165) is 24.9 Å². The fourth-order valence-corrected chi connectivity index (χ4v) is 3.99. The minimum Gasteiger partial charge on any atom is -0.352 e. The van der Waals surface area contributed by atoms with Gasteiger partial charge in [-0.15, -0.1) is 0 Å². The molecule has 5 N–H and O–H groups in total. The quantitative estimate of drug-likeness (QED) is 0.508. The van der Waals surface area contributed by atoms with Crippen molar-refractivity contribution < 1.29 is 14.4 Å². The molecule has 170 valence electrons. The van der Waals surface area contributed by atoms with Gasteiger partial charge in [0.1, 0.15) is 0 Å². The van der Waals surface area contributed by atoms with Gasteiger partial charge in [-0.3, -0.25) is 14.5 Å². The van der Waals surface area contributed by atoms with Crippen molar-refractivity contribution in [3.05, 3.63) is 65.7 Å². The first kappa shape index (κ1) is 23.3. The zero-order chi connectivity index (χ0) is 22.9. The van der Waals surface area contributed by atoms with Gasteiger partial charge in [-0.2, -0.15) is 0 Å². The monoisotopic (exact) mass is 437 g/mol. The van der Waals surface area contributed by atoms with Crippen LogP contribution in [0.25, 0.3) is 0 Å². The molecule has 8 nitrogen and oxygen atoms in total. The number of primary amides is 1. The van der Waals surface area contributed by atoms with Crippen molar-refractivity contribution in [3.63, 3.8) is 0 Å². The molecule has 1 aliphatic rings. The van der Waals surface area contributed by atoms with Gasteiger partial charge in [-0.05, 0) is 49.9 Å². The molecular formula is C24H31N5O3. The first-order valence-electron chi connectivity index (χ1n) is 10.9. The summed E-state index contributed by atoms with van der Waals surface area (Å²) in [7, 11) is 0. The summed E-state index contributed by atoms with van der Waals surface area (Å²) in [4.78, 5) is 38.6. The molecule has 0 bridgehead atoms. The zero-order valence-corrected chi connectivity index (χ0v) is 18.3. The van der Waals surface area contributed by atoms with E-state index >= 15 is 0 Å². The fourth-order valence-electron chi connectivity index (χ4n) is 3.99. The van der Waals surface area contributed by atoms with Gasteiger partial charge >= 0.3 is 6.03 Å². The molecule has 8 heteroatoms. The van der Waals surface area contributed by atoms with Crippen molar-refractivity contribution in [3.8, 4) is 0 Å². The van der Waals surface area contributed by atoms with Gasteiger partial charge in [0, 0.05) is 13.1 Å². The topological polar surface area (TPSA) is 117 Å². The van der Waals surface area contributed by atoms with E-state index < -0.39 is 6.03 Å². The second kappa shape index (κ2) is 11.3. The van der Waals surface area contributed by atoms with Crippen LogP contribution in [0.4, 0.5) is 10.5 Å². The second-order valence-electron chi connectivity index (χ2n) is 8.19. The maximum atomic E-state index is 12.9. The van der Waals surface area contributed by atoms with Crippen LogP contribution in [0.3, 0.4) is 0 Å². The van der Waals surface area contributed by atoms with Gasteiger partial charge in [-0.1, -0.05) is 42.5 Å². The number of likely N-dealkylation sites (tertiary alicyclic amines) is 1. The lowest BCUT2D eigenvalue weighted by Gasteiger charge is -2.32. The number of amides is 4. The summed E-state index contributed by atoms with van der Waals surface area (Å²) >= 11 is 0. The standard InChI is InChI=1S/C24H31N5O3/c1-17(19-9-3-2-4-10-19)27-23(31)20-11-5-6-12-21(20)28-22(30)16-29-13-7-8-18(15-29)14-26-24(25)32/h2-6,9-12,17-18H,7-8,13-16H2,1H3,(H,27,31)(H,28,30)(H3,25,26,32)/t17-,18-/m0/s1. The third-order valence-electron chi connectivity index (χ3n) is 5.63. The number of piperidine rings is 1. The molecule has 0 saturated carbocycles. The lowest BCUT2D eigenvalue weighted by Crippen LogP contribution is -2.44. The van der Waals surface area contributed by atoms with Crippen molar-refractivity contribution in [2.45, 2.75) is 25.8 Å². The van der Waals surface area contributed by atoms with E-state index in [1.54, 1.807) is 24.3 Å². The molecule has 32 heavy (non-hydrogen) atoms. The number of hydrogen-bond acceptors (Lipinski definition) is 4. The Labute approximate surface area is 188 Å².